The maximum atomic E-state index is 12.2. The summed E-state index contributed by atoms with van der Waals surface area (Å²) in [4.78, 5) is 26.9. The number of H-pyrrole nitrogens is 1. The molecule has 39 heavy (non-hydrogen) atoms. The van der Waals surface area contributed by atoms with E-state index in [0.717, 1.165) is 32.6 Å². The molecule has 1 atom stereocenters. The van der Waals surface area contributed by atoms with Crippen molar-refractivity contribution in [2.75, 3.05) is 5.73 Å². The number of nitrogens with one attached hydrogen (secondary N) is 3. The van der Waals surface area contributed by atoms with Crippen LogP contribution in [0.25, 0.3) is 27.0 Å². The second-order valence-corrected chi connectivity index (χ2v) is 11.2. The molecule has 0 aliphatic heterocycles. The molecule has 0 bridgehead atoms. The smallest absolute Gasteiger partial charge is 0.226 e. The average molecular weight is 539 g/mol. The van der Waals surface area contributed by atoms with Gasteiger partial charge in [0.15, 0.2) is 0 Å². The lowest BCUT2D eigenvalue weighted by atomic mass is 9.98. The largest absolute Gasteiger partial charge is 0.383 e. The van der Waals surface area contributed by atoms with Crippen molar-refractivity contribution in [1.82, 2.24) is 20.3 Å². The summed E-state index contributed by atoms with van der Waals surface area (Å²) in [5.74, 6) is 0.155. The number of nitrogen functional groups attached to an aromatic ring is 1. The van der Waals surface area contributed by atoms with Gasteiger partial charge >= 0.3 is 0 Å². The fraction of sp³-hybridized carbons (Fsp3) is 0.226. The number of carbonyl (C=O) groups is 1. The monoisotopic (exact) mass is 538 g/mol. The van der Waals surface area contributed by atoms with Crippen molar-refractivity contribution in [3.8, 4) is 10.6 Å². The third-order valence-corrected chi connectivity index (χ3v) is 7.35. The first-order chi connectivity index (χ1) is 18.6. The van der Waals surface area contributed by atoms with E-state index in [1.54, 1.807) is 23.7 Å². The highest BCUT2D eigenvalue weighted by Crippen LogP contribution is 2.33. The summed E-state index contributed by atoms with van der Waals surface area (Å²) >= 11 is 1.69. The second kappa shape index (κ2) is 11.6. The molecule has 0 saturated heterocycles. The Labute approximate surface area is 233 Å². The Morgan fingerprint density at radius 3 is 2.64 bits per heavy atom. The fourth-order valence-electron chi connectivity index (χ4n) is 4.11. The van der Waals surface area contributed by atoms with E-state index < -0.39 is 0 Å². The van der Waals surface area contributed by atoms with Gasteiger partial charge in [0.25, 0.3) is 0 Å². The maximum absolute atomic E-state index is 12.2. The van der Waals surface area contributed by atoms with Gasteiger partial charge in [-0.25, -0.2) is 4.98 Å². The summed E-state index contributed by atoms with van der Waals surface area (Å²) in [6.07, 6.45) is 9.26. The number of allylic oxidation sites excluding steroid dienone is 5. The van der Waals surface area contributed by atoms with Crippen LogP contribution < -0.4 is 11.1 Å². The number of fused-ring (bicyclic) bond motifs is 1. The summed E-state index contributed by atoms with van der Waals surface area (Å²) in [6, 6.07) is 9.88. The molecule has 7 nitrogen and oxygen atoms in total. The molecule has 0 aliphatic carbocycles. The fourth-order valence-corrected chi connectivity index (χ4v) is 4.99. The molecule has 0 saturated carbocycles. The van der Waals surface area contributed by atoms with Crippen LogP contribution in [0.3, 0.4) is 0 Å². The first-order valence-electron chi connectivity index (χ1n) is 12.8. The van der Waals surface area contributed by atoms with Crippen molar-refractivity contribution < 1.29 is 4.79 Å². The number of aromatic nitrogens is 3. The van der Waals surface area contributed by atoms with Gasteiger partial charge in [0, 0.05) is 50.9 Å². The van der Waals surface area contributed by atoms with Gasteiger partial charge in [0.2, 0.25) is 5.91 Å². The van der Waals surface area contributed by atoms with Gasteiger partial charge in [-0.1, -0.05) is 32.9 Å². The zero-order valence-electron chi connectivity index (χ0n) is 22.9. The van der Waals surface area contributed by atoms with Crippen molar-refractivity contribution in [2.24, 2.45) is 11.8 Å². The highest BCUT2D eigenvalue weighted by molar-refractivity contribution is 7.15. The first-order valence-corrected chi connectivity index (χ1v) is 13.6. The highest BCUT2D eigenvalue weighted by atomic mass is 32.1. The van der Waals surface area contributed by atoms with Crippen LogP contribution in [-0.4, -0.2) is 26.6 Å². The number of aromatic amines is 1. The van der Waals surface area contributed by atoms with Crippen molar-refractivity contribution in [3.63, 3.8) is 0 Å². The summed E-state index contributed by atoms with van der Waals surface area (Å²) < 4.78 is 0. The van der Waals surface area contributed by atoms with Crippen LogP contribution in [-0.2, 0) is 4.79 Å². The SMILES string of the molecule is C=C[C@H](C)/C=C(\C=C(/C)NC(=O)C(C)C)c1cnc(N)c(C(=N)c2cc3c(-c4ccc(C)s4)nccc3[nH]2)c1. The van der Waals surface area contributed by atoms with Crippen LogP contribution in [0.5, 0.6) is 0 Å². The van der Waals surface area contributed by atoms with E-state index in [4.69, 9.17) is 11.1 Å². The lowest BCUT2D eigenvalue weighted by molar-refractivity contribution is -0.123. The van der Waals surface area contributed by atoms with Gasteiger partial charge in [-0.3, -0.25) is 15.2 Å². The third-order valence-electron chi connectivity index (χ3n) is 6.34. The first kappa shape index (κ1) is 27.7. The number of amides is 1. The lowest BCUT2D eigenvalue weighted by Crippen LogP contribution is -2.26. The highest BCUT2D eigenvalue weighted by Gasteiger charge is 2.17. The summed E-state index contributed by atoms with van der Waals surface area (Å²) in [6.45, 7) is 13.6. The minimum atomic E-state index is -0.131. The van der Waals surface area contributed by atoms with Crippen LogP contribution in [0.15, 0.2) is 73.2 Å². The van der Waals surface area contributed by atoms with Gasteiger partial charge in [-0.2, -0.15) is 0 Å². The van der Waals surface area contributed by atoms with Gasteiger partial charge in [-0.15, -0.1) is 17.9 Å². The molecule has 0 spiro atoms. The Bertz CT molecular complexity index is 1620. The van der Waals surface area contributed by atoms with Crippen LogP contribution in [0.2, 0.25) is 0 Å². The Morgan fingerprint density at radius 1 is 1.21 bits per heavy atom. The number of hydrogen-bond donors (Lipinski definition) is 4. The molecule has 0 unspecified atom stereocenters. The van der Waals surface area contributed by atoms with E-state index in [0.29, 0.717) is 17.0 Å². The summed E-state index contributed by atoms with van der Waals surface area (Å²) in [5.41, 5.74) is 11.8. The molecule has 1 amide bonds. The molecule has 0 aliphatic rings. The summed E-state index contributed by atoms with van der Waals surface area (Å²) in [7, 11) is 0. The number of hydrogen-bond acceptors (Lipinski definition) is 6. The van der Waals surface area contributed by atoms with Crippen LogP contribution in [0.1, 0.15) is 49.4 Å². The normalized spacial score (nSPS) is 13.1. The number of carbonyl (C=O) groups excluding carboxylic acids is 1. The van der Waals surface area contributed by atoms with Crippen molar-refractivity contribution in [1.29, 1.82) is 5.41 Å². The number of rotatable bonds is 9. The molecular weight excluding hydrogens is 504 g/mol. The number of nitrogens with two attached hydrogens (primary N) is 1. The number of pyridine rings is 2. The molecule has 0 aromatic carbocycles. The number of aryl methyl sites for hydroxylation is 1. The molecule has 4 rings (SSSR count). The number of nitrogens with zero attached hydrogens (tertiary/aromatic N) is 2. The molecule has 0 fully saturated rings. The molecule has 5 N–H and O–H groups in total. The minimum absolute atomic E-state index is 0.0526. The van der Waals surface area contributed by atoms with Gasteiger partial charge in [0.05, 0.1) is 22.0 Å². The molecule has 4 heterocycles. The maximum Gasteiger partial charge on any atom is 0.226 e. The topological polar surface area (TPSA) is 121 Å². The van der Waals surface area contributed by atoms with Crippen molar-refractivity contribution in [2.45, 2.75) is 34.6 Å². The van der Waals surface area contributed by atoms with Gasteiger partial charge < -0.3 is 16.0 Å². The standard InChI is InChI=1S/C31H34N6OS/c1-7-18(4)12-21(13-19(5)36-31(38)17(2)3)22-14-24(30(33)35-16-22)28(32)26-15-23-25(37-26)10-11-34-29(23)27-9-8-20(6)39-27/h7-18,32,37H,1H2,2-6H3,(H2,33,35)(H,36,38)/b19-13+,21-12+,32-28?/t18-/m0/s1. The minimum Gasteiger partial charge on any atom is -0.383 e. The van der Waals surface area contributed by atoms with Crippen LogP contribution >= 0.6 is 11.3 Å². The van der Waals surface area contributed by atoms with E-state index in [-0.39, 0.29) is 29.3 Å². The molecule has 8 heteroatoms. The third kappa shape index (κ3) is 6.23. The Hall–Kier alpha value is -4.30. The zero-order chi connectivity index (χ0) is 28.3. The predicted octanol–water partition coefficient (Wildman–Crippen LogP) is 6.87. The number of thiophene rings is 1. The molecule has 4 aromatic heterocycles. The van der Waals surface area contributed by atoms with E-state index in [9.17, 15) is 4.79 Å². The average Bonchev–Trinajstić information content (AvgIpc) is 3.54. The molecule has 200 valence electrons. The molecule has 0 radical (unpaired) electrons. The van der Waals surface area contributed by atoms with Crippen LogP contribution in [0, 0.1) is 24.2 Å². The quantitative estimate of drug-likeness (QED) is 0.105. The van der Waals surface area contributed by atoms with E-state index in [1.807, 2.05) is 64.1 Å². The Morgan fingerprint density at radius 2 is 1.97 bits per heavy atom. The second-order valence-electron chi connectivity index (χ2n) is 9.93. The predicted molar refractivity (Wildman–Crippen MR) is 163 cm³/mol. The molecular formula is C31H34N6OS. The molecule has 4 aromatic rings. The van der Waals surface area contributed by atoms with Gasteiger partial charge in [0.1, 0.15) is 5.82 Å². The zero-order valence-corrected chi connectivity index (χ0v) is 23.7. The van der Waals surface area contributed by atoms with E-state index in [1.165, 1.54) is 4.88 Å². The number of anilines is 1. The van der Waals surface area contributed by atoms with E-state index in [2.05, 4.69) is 45.9 Å². The lowest BCUT2D eigenvalue weighted by Gasteiger charge is -2.13. The van der Waals surface area contributed by atoms with E-state index >= 15 is 0 Å². The van der Waals surface area contributed by atoms with Crippen LogP contribution in [0.4, 0.5) is 5.82 Å². The van der Waals surface area contributed by atoms with Crippen molar-refractivity contribution >= 4 is 45.2 Å². The summed E-state index contributed by atoms with van der Waals surface area (Å²) in [5, 5.41) is 12.9. The van der Waals surface area contributed by atoms with Gasteiger partial charge in [-0.05, 0) is 61.7 Å². The van der Waals surface area contributed by atoms with Crippen molar-refractivity contribution in [3.05, 3.63) is 94.9 Å². The Kier molecular flexibility index (Phi) is 8.26. The Balaban J connectivity index is 1.74.